The Morgan fingerprint density at radius 1 is 1.56 bits per heavy atom. The van der Waals surface area contributed by atoms with Gasteiger partial charge in [0.05, 0.1) is 5.56 Å². The van der Waals surface area contributed by atoms with Gasteiger partial charge >= 0.3 is 0 Å². The molecule has 1 aromatic rings. The van der Waals surface area contributed by atoms with Crippen LogP contribution in [-0.2, 0) is 0 Å². The van der Waals surface area contributed by atoms with E-state index in [4.69, 9.17) is 0 Å². The number of piperidine rings is 1. The van der Waals surface area contributed by atoms with Gasteiger partial charge in [0, 0.05) is 16.9 Å². The van der Waals surface area contributed by atoms with Gasteiger partial charge in [0.15, 0.2) is 5.78 Å². The third kappa shape index (κ3) is 3.39. The number of hydrogen-bond acceptors (Lipinski definition) is 2. The molecule has 0 spiro atoms. The first-order valence-corrected chi connectivity index (χ1v) is 7.07. The van der Waals surface area contributed by atoms with Crippen LogP contribution in [0, 0.1) is 11.7 Å². The van der Waals surface area contributed by atoms with E-state index in [2.05, 4.69) is 28.2 Å². The van der Waals surface area contributed by atoms with Crippen molar-refractivity contribution in [3.8, 4) is 0 Å². The van der Waals surface area contributed by atoms with Crippen molar-refractivity contribution < 1.29 is 9.18 Å². The van der Waals surface area contributed by atoms with E-state index in [0.717, 1.165) is 23.9 Å². The molecule has 0 bridgehead atoms. The average molecular weight is 314 g/mol. The van der Waals surface area contributed by atoms with Crippen LogP contribution in [0.5, 0.6) is 0 Å². The van der Waals surface area contributed by atoms with E-state index in [0.29, 0.717) is 12.3 Å². The summed E-state index contributed by atoms with van der Waals surface area (Å²) < 4.78 is 14.3. The number of halogens is 2. The SMILES string of the molecule is CC1CCNC(CC(=O)c2cc(Br)ccc2F)C1. The maximum absolute atomic E-state index is 13.6. The van der Waals surface area contributed by atoms with Crippen LogP contribution in [0.25, 0.3) is 0 Å². The third-order valence-electron chi connectivity index (χ3n) is 3.42. The fraction of sp³-hybridized carbons (Fsp3) is 0.500. The van der Waals surface area contributed by atoms with Crippen molar-refractivity contribution in [2.75, 3.05) is 6.54 Å². The zero-order valence-corrected chi connectivity index (χ0v) is 12.0. The number of hydrogen-bond donors (Lipinski definition) is 1. The standard InChI is InChI=1S/C14H17BrFNO/c1-9-4-5-17-11(6-9)8-14(18)12-7-10(15)2-3-13(12)16/h2-3,7,9,11,17H,4-6,8H2,1H3. The molecule has 0 amide bonds. The zero-order valence-electron chi connectivity index (χ0n) is 10.4. The van der Waals surface area contributed by atoms with Gasteiger partial charge in [0.25, 0.3) is 0 Å². The number of carbonyl (C=O) groups excluding carboxylic acids is 1. The molecule has 1 fully saturated rings. The highest BCUT2D eigenvalue weighted by atomic mass is 79.9. The Morgan fingerprint density at radius 3 is 3.06 bits per heavy atom. The van der Waals surface area contributed by atoms with E-state index < -0.39 is 5.82 Å². The molecule has 2 rings (SSSR count). The molecule has 2 unspecified atom stereocenters. The van der Waals surface area contributed by atoms with Crippen molar-refractivity contribution in [3.63, 3.8) is 0 Å². The van der Waals surface area contributed by atoms with Crippen LogP contribution in [0.15, 0.2) is 22.7 Å². The molecule has 1 aromatic carbocycles. The van der Waals surface area contributed by atoms with Gasteiger partial charge in [-0.1, -0.05) is 22.9 Å². The Hall–Kier alpha value is -0.740. The van der Waals surface area contributed by atoms with Gasteiger partial charge in [-0.05, 0) is 43.5 Å². The van der Waals surface area contributed by atoms with Crippen molar-refractivity contribution in [1.82, 2.24) is 5.32 Å². The maximum atomic E-state index is 13.6. The summed E-state index contributed by atoms with van der Waals surface area (Å²) in [5, 5.41) is 3.33. The van der Waals surface area contributed by atoms with Gasteiger partial charge in [-0.25, -0.2) is 4.39 Å². The Morgan fingerprint density at radius 2 is 2.33 bits per heavy atom. The second kappa shape index (κ2) is 5.93. The minimum Gasteiger partial charge on any atom is -0.314 e. The first-order chi connectivity index (χ1) is 8.56. The molecule has 98 valence electrons. The minimum atomic E-state index is -0.438. The van der Waals surface area contributed by atoms with E-state index in [1.165, 1.54) is 6.07 Å². The fourth-order valence-electron chi connectivity index (χ4n) is 2.42. The number of ketones is 1. The third-order valence-corrected chi connectivity index (χ3v) is 3.91. The van der Waals surface area contributed by atoms with Gasteiger partial charge in [-0.2, -0.15) is 0 Å². The lowest BCUT2D eigenvalue weighted by Gasteiger charge is -2.27. The number of rotatable bonds is 3. The van der Waals surface area contributed by atoms with Crippen molar-refractivity contribution in [2.45, 2.75) is 32.2 Å². The van der Waals surface area contributed by atoms with Crippen LogP contribution in [0.1, 0.15) is 36.5 Å². The summed E-state index contributed by atoms with van der Waals surface area (Å²) in [6, 6.07) is 4.67. The second-order valence-electron chi connectivity index (χ2n) is 5.03. The number of benzene rings is 1. The Kier molecular flexibility index (Phi) is 4.51. The molecule has 0 saturated carbocycles. The molecule has 4 heteroatoms. The molecule has 0 aliphatic carbocycles. The van der Waals surface area contributed by atoms with Gasteiger partial charge < -0.3 is 5.32 Å². The van der Waals surface area contributed by atoms with Crippen LogP contribution < -0.4 is 5.32 Å². The quantitative estimate of drug-likeness (QED) is 0.865. The number of carbonyl (C=O) groups is 1. The molecule has 18 heavy (non-hydrogen) atoms. The number of nitrogens with one attached hydrogen (secondary N) is 1. The molecular weight excluding hydrogens is 297 g/mol. The van der Waals surface area contributed by atoms with Gasteiger partial charge in [-0.3, -0.25) is 4.79 Å². The lowest BCUT2D eigenvalue weighted by molar-refractivity contribution is 0.0955. The van der Waals surface area contributed by atoms with Crippen LogP contribution >= 0.6 is 15.9 Å². The van der Waals surface area contributed by atoms with E-state index in [-0.39, 0.29) is 17.4 Å². The highest BCUT2D eigenvalue weighted by Crippen LogP contribution is 2.21. The van der Waals surface area contributed by atoms with Crippen LogP contribution in [-0.4, -0.2) is 18.4 Å². The summed E-state index contributed by atoms with van der Waals surface area (Å²) in [6.07, 6.45) is 2.51. The summed E-state index contributed by atoms with van der Waals surface area (Å²) in [4.78, 5) is 12.1. The highest BCUT2D eigenvalue weighted by Gasteiger charge is 2.22. The smallest absolute Gasteiger partial charge is 0.167 e. The van der Waals surface area contributed by atoms with Gasteiger partial charge in [0.1, 0.15) is 5.82 Å². The largest absolute Gasteiger partial charge is 0.314 e. The van der Waals surface area contributed by atoms with Crippen LogP contribution in [0.4, 0.5) is 4.39 Å². The van der Waals surface area contributed by atoms with Crippen molar-refractivity contribution in [1.29, 1.82) is 0 Å². The summed E-state index contributed by atoms with van der Waals surface area (Å²) in [7, 11) is 0. The summed E-state index contributed by atoms with van der Waals surface area (Å²) in [5.41, 5.74) is 0.185. The Balaban J connectivity index is 2.05. The first-order valence-electron chi connectivity index (χ1n) is 6.28. The summed E-state index contributed by atoms with van der Waals surface area (Å²) in [6.45, 7) is 3.14. The summed E-state index contributed by atoms with van der Waals surface area (Å²) >= 11 is 3.26. The molecule has 1 heterocycles. The van der Waals surface area contributed by atoms with E-state index >= 15 is 0 Å². The average Bonchev–Trinajstić information content (AvgIpc) is 2.32. The molecule has 2 nitrogen and oxygen atoms in total. The van der Waals surface area contributed by atoms with Crippen molar-refractivity contribution in [2.24, 2.45) is 5.92 Å². The molecule has 1 saturated heterocycles. The summed E-state index contributed by atoms with van der Waals surface area (Å²) in [5.74, 6) is 0.0730. The second-order valence-corrected chi connectivity index (χ2v) is 5.95. The fourth-order valence-corrected chi connectivity index (χ4v) is 2.78. The lowest BCUT2D eigenvalue weighted by atomic mass is 9.90. The van der Waals surface area contributed by atoms with E-state index in [1.807, 2.05) is 0 Å². The molecule has 1 N–H and O–H groups in total. The predicted octanol–water partition coefficient (Wildman–Crippen LogP) is 3.55. The molecule has 1 aliphatic rings. The van der Waals surface area contributed by atoms with Crippen LogP contribution in [0.3, 0.4) is 0 Å². The lowest BCUT2D eigenvalue weighted by Crippen LogP contribution is -2.38. The van der Waals surface area contributed by atoms with Gasteiger partial charge in [-0.15, -0.1) is 0 Å². The van der Waals surface area contributed by atoms with Gasteiger partial charge in [0.2, 0.25) is 0 Å². The maximum Gasteiger partial charge on any atom is 0.167 e. The zero-order chi connectivity index (χ0) is 13.1. The monoisotopic (exact) mass is 313 g/mol. The predicted molar refractivity (Wildman–Crippen MR) is 73.2 cm³/mol. The normalized spacial score (nSPS) is 23.9. The molecular formula is C14H17BrFNO. The van der Waals surface area contributed by atoms with Crippen LogP contribution in [0.2, 0.25) is 0 Å². The molecule has 2 atom stereocenters. The first kappa shape index (κ1) is 13.7. The Bertz CT molecular complexity index is 449. The minimum absolute atomic E-state index is 0.125. The number of Topliss-reactive ketones (excluding diaryl/α,β-unsaturated/α-hetero) is 1. The van der Waals surface area contributed by atoms with E-state index in [9.17, 15) is 9.18 Å². The van der Waals surface area contributed by atoms with Crippen molar-refractivity contribution >= 4 is 21.7 Å². The molecule has 0 aromatic heterocycles. The van der Waals surface area contributed by atoms with E-state index in [1.54, 1.807) is 12.1 Å². The topological polar surface area (TPSA) is 29.1 Å². The molecule has 1 aliphatic heterocycles. The Labute approximate surface area is 115 Å². The molecule has 0 radical (unpaired) electrons. The highest BCUT2D eigenvalue weighted by molar-refractivity contribution is 9.10. The van der Waals surface area contributed by atoms with Crippen molar-refractivity contribution in [3.05, 3.63) is 34.1 Å².